The first-order valence-electron chi connectivity index (χ1n) is 9.31. The van der Waals surface area contributed by atoms with Crippen LogP contribution in [0.4, 0.5) is 16.2 Å². The van der Waals surface area contributed by atoms with Gasteiger partial charge in [-0.1, -0.05) is 0 Å². The number of urea groups is 1. The Balaban J connectivity index is 1.60. The molecule has 0 aromatic heterocycles. The van der Waals surface area contributed by atoms with Crippen molar-refractivity contribution in [1.29, 1.82) is 5.26 Å². The largest absolute Gasteiger partial charge is 0.459 e. The Morgan fingerprint density at radius 2 is 1.55 bits per heavy atom. The average Bonchev–Trinajstić information content (AvgIpc) is 3.07. The fourth-order valence-corrected chi connectivity index (χ4v) is 3.64. The molecule has 1 saturated heterocycles. The molecular weight excluding hydrogens is 386 g/mol. The predicted octanol–water partition coefficient (Wildman–Crippen LogP) is 4.44. The summed E-state index contributed by atoms with van der Waals surface area (Å²) in [6.45, 7) is 6.71. The van der Waals surface area contributed by atoms with Crippen molar-refractivity contribution in [2.24, 2.45) is 0 Å². The topological polar surface area (TPSA) is 73.6 Å². The summed E-state index contributed by atoms with van der Waals surface area (Å²) in [6.07, 6.45) is 0. The lowest BCUT2D eigenvalue weighted by atomic mass is 10.2. The van der Waals surface area contributed by atoms with Crippen LogP contribution in [-0.2, 0) is 9.53 Å². The van der Waals surface area contributed by atoms with Gasteiger partial charge >= 0.3 is 12.0 Å². The number of carbonyl (C=O) groups excluding carboxylic acids is 2. The number of esters is 1. The molecule has 0 unspecified atom stereocenters. The first-order valence-corrected chi connectivity index (χ1v) is 10.3. The number of carbonyl (C=O) groups is 2. The summed E-state index contributed by atoms with van der Waals surface area (Å²) < 4.78 is 5.31. The lowest BCUT2D eigenvalue weighted by Crippen LogP contribution is -2.31. The van der Waals surface area contributed by atoms with Crippen LogP contribution < -0.4 is 9.80 Å². The second-order valence-electron chi connectivity index (χ2n) is 7.61. The molecule has 3 rings (SSSR count). The SMILES string of the molecule is CC(C)(C)OC(=O)CSc1ccc(N2CCN(c3ccc(C#N)cc3)C2=O)cc1. The molecule has 29 heavy (non-hydrogen) atoms. The molecule has 1 aliphatic heterocycles. The fourth-order valence-electron chi connectivity index (χ4n) is 2.97. The van der Waals surface area contributed by atoms with Crippen LogP contribution in [0.3, 0.4) is 0 Å². The van der Waals surface area contributed by atoms with E-state index in [0.29, 0.717) is 18.7 Å². The Morgan fingerprint density at radius 3 is 2.03 bits per heavy atom. The Morgan fingerprint density at radius 1 is 1.03 bits per heavy atom. The van der Waals surface area contributed by atoms with Crippen molar-refractivity contribution in [3.8, 4) is 6.07 Å². The van der Waals surface area contributed by atoms with Gasteiger partial charge in [0.05, 0.1) is 17.4 Å². The summed E-state index contributed by atoms with van der Waals surface area (Å²) in [5, 5.41) is 8.91. The van der Waals surface area contributed by atoms with Crippen molar-refractivity contribution >= 4 is 35.1 Å². The van der Waals surface area contributed by atoms with E-state index in [1.165, 1.54) is 11.8 Å². The molecule has 0 bridgehead atoms. The maximum absolute atomic E-state index is 12.8. The van der Waals surface area contributed by atoms with Crippen molar-refractivity contribution in [1.82, 2.24) is 0 Å². The molecule has 0 spiro atoms. The highest BCUT2D eigenvalue weighted by Crippen LogP contribution is 2.28. The normalized spacial score (nSPS) is 14.1. The summed E-state index contributed by atoms with van der Waals surface area (Å²) in [4.78, 5) is 29.0. The van der Waals surface area contributed by atoms with Crippen LogP contribution >= 0.6 is 11.8 Å². The van der Waals surface area contributed by atoms with Gasteiger partial charge in [-0.3, -0.25) is 14.6 Å². The van der Waals surface area contributed by atoms with Gasteiger partial charge in [-0.2, -0.15) is 5.26 Å². The van der Waals surface area contributed by atoms with Crippen LogP contribution in [0.25, 0.3) is 0 Å². The minimum absolute atomic E-state index is 0.0936. The van der Waals surface area contributed by atoms with E-state index < -0.39 is 5.60 Å². The van der Waals surface area contributed by atoms with Crippen LogP contribution in [0, 0.1) is 11.3 Å². The third-order valence-electron chi connectivity index (χ3n) is 4.24. The van der Waals surface area contributed by atoms with Crippen molar-refractivity contribution in [2.75, 3.05) is 28.6 Å². The highest BCUT2D eigenvalue weighted by molar-refractivity contribution is 8.00. The molecule has 0 N–H and O–H groups in total. The summed E-state index contributed by atoms with van der Waals surface area (Å²) >= 11 is 1.41. The number of amides is 2. The van der Waals surface area contributed by atoms with E-state index in [9.17, 15) is 9.59 Å². The van der Waals surface area contributed by atoms with Gasteiger partial charge in [-0.05, 0) is 69.3 Å². The van der Waals surface area contributed by atoms with E-state index in [-0.39, 0.29) is 17.8 Å². The van der Waals surface area contributed by atoms with Crippen LogP contribution in [0.1, 0.15) is 26.3 Å². The van der Waals surface area contributed by atoms with E-state index >= 15 is 0 Å². The molecule has 1 heterocycles. The molecule has 0 saturated carbocycles. The molecule has 2 amide bonds. The lowest BCUT2D eigenvalue weighted by Gasteiger charge is -2.20. The van der Waals surface area contributed by atoms with Gasteiger partial charge in [0.25, 0.3) is 0 Å². The minimum Gasteiger partial charge on any atom is -0.459 e. The summed E-state index contributed by atoms with van der Waals surface area (Å²) in [7, 11) is 0. The molecule has 0 radical (unpaired) electrons. The predicted molar refractivity (Wildman–Crippen MR) is 114 cm³/mol. The van der Waals surface area contributed by atoms with E-state index in [2.05, 4.69) is 6.07 Å². The molecule has 2 aromatic rings. The third-order valence-corrected chi connectivity index (χ3v) is 5.23. The van der Waals surface area contributed by atoms with Crippen molar-refractivity contribution in [2.45, 2.75) is 31.3 Å². The Bertz CT molecular complexity index is 928. The molecule has 0 atom stereocenters. The molecular formula is C22H23N3O3S. The van der Waals surface area contributed by atoms with Crippen LogP contribution in [0.5, 0.6) is 0 Å². The number of nitrogens with zero attached hydrogens (tertiary/aromatic N) is 3. The van der Waals surface area contributed by atoms with Crippen LogP contribution in [0.2, 0.25) is 0 Å². The summed E-state index contributed by atoms with van der Waals surface area (Å²) in [5.74, 6) is -0.00880. The monoisotopic (exact) mass is 409 g/mol. The van der Waals surface area contributed by atoms with Gasteiger partial charge in [0.1, 0.15) is 5.60 Å². The number of hydrogen-bond acceptors (Lipinski definition) is 5. The molecule has 1 aliphatic rings. The zero-order chi connectivity index (χ0) is 21.0. The van der Waals surface area contributed by atoms with Crippen LogP contribution in [-0.4, -0.2) is 36.4 Å². The lowest BCUT2D eigenvalue weighted by molar-refractivity contribution is -0.151. The van der Waals surface area contributed by atoms with Gasteiger partial charge in [-0.25, -0.2) is 4.79 Å². The van der Waals surface area contributed by atoms with Crippen molar-refractivity contribution in [3.63, 3.8) is 0 Å². The Hall–Kier alpha value is -2.98. The Kier molecular flexibility index (Phi) is 6.14. The minimum atomic E-state index is -0.488. The summed E-state index contributed by atoms with van der Waals surface area (Å²) in [6, 6.07) is 16.6. The molecule has 150 valence electrons. The van der Waals surface area contributed by atoms with Gasteiger partial charge < -0.3 is 4.74 Å². The van der Waals surface area contributed by atoms with E-state index in [1.807, 2.05) is 45.0 Å². The fraction of sp³-hybridized carbons (Fsp3) is 0.318. The molecule has 2 aromatic carbocycles. The number of ether oxygens (including phenoxy) is 1. The second-order valence-corrected chi connectivity index (χ2v) is 8.66. The average molecular weight is 410 g/mol. The van der Waals surface area contributed by atoms with Gasteiger partial charge in [-0.15, -0.1) is 11.8 Å². The molecule has 1 fully saturated rings. The summed E-state index contributed by atoms with van der Waals surface area (Å²) in [5.41, 5.74) is 1.67. The number of nitriles is 1. The smallest absolute Gasteiger partial charge is 0.329 e. The molecule has 6 nitrogen and oxygen atoms in total. The third kappa shape index (κ3) is 5.30. The van der Waals surface area contributed by atoms with Crippen LogP contribution in [0.15, 0.2) is 53.4 Å². The first kappa shape index (κ1) is 20.7. The Labute approximate surface area is 175 Å². The second kappa shape index (κ2) is 8.58. The van der Waals surface area contributed by atoms with Gasteiger partial charge in [0.2, 0.25) is 0 Å². The molecule has 7 heteroatoms. The maximum atomic E-state index is 12.8. The van der Waals surface area contributed by atoms with E-state index in [0.717, 1.165) is 16.3 Å². The number of benzene rings is 2. The number of anilines is 2. The van der Waals surface area contributed by atoms with E-state index in [1.54, 1.807) is 34.1 Å². The zero-order valence-electron chi connectivity index (χ0n) is 16.7. The molecule has 0 aliphatic carbocycles. The van der Waals surface area contributed by atoms with Crippen molar-refractivity contribution in [3.05, 3.63) is 54.1 Å². The highest BCUT2D eigenvalue weighted by atomic mass is 32.2. The maximum Gasteiger partial charge on any atom is 0.329 e. The first-order chi connectivity index (χ1) is 13.8. The highest BCUT2D eigenvalue weighted by Gasteiger charge is 2.30. The zero-order valence-corrected chi connectivity index (χ0v) is 17.5. The van der Waals surface area contributed by atoms with Crippen molar-refractivity contribution < 1.29 is 14.3 Å². The number of hydrogen-bond donors (Lipinski definition) is 0. The number of thioether (sulfide) groups is 1. The quantitative estimate of drug-likeness (QED) is 0.539. The van der Waals surface area contributed by atoms with Gasteiger partial charge in [0, 0.05) is 29.4 Å². The van der Waals surface area contributed by atoms with Gasteiger partial charge in [0.15, 0.2) is 0 Å². The number of rotatable bonds is 5. The standard InChI is InChI=1S/C22H23N3O3S/c1-22(2,3)28-20(26)15-29-19-10-8-18(9-11-19)25-13-12-24(21(25)27)17-6-4-16(14-23)5-7-17/h4-11H,12-13,15H2,1-3H3. The van der Waals surface area contributed by atoms with E-state index in [4.69, 9.17) is 10.00 Å².